The van der Waals surface area contributed by atoms with E-state index in [-0.39, 0.29) is 0 Å². The molecule has 0 atom stereocenters. The third kappa shape index (κ3) is 1.31. The SMILES string of the molecule is COc1nnc2ccccc2c1Cl. The van der Waals surface area contributed by atoms with E-state index in [1.807, 2.05) is 24.3 Å². The van der Waals surface area contributed by atoms with Gasteiger partial charge in [0.15, 0.2) is 0 Å². The largest absolute Gasteiger partial charge is 0.479 e. The number of methoxy groups -OCH3 is 1. The van der Waals surface area contributed by atoms with Crippen LogP contribution in [0.15, 0.2) is 24.3 Å². The molecule has 0 spiro atoms. The van der Waals surface area contributed by atoms with Crippen molar-refractivity contribution in [2.45, 2.75) is 0 Å². The minimum atomic E-state index is 0.361. The van der Waals surface area contributed by atoms with Crippen LogP contribution in [0.2, 0.25) is 5.02 Å². The van der Waals surface area contributed by atoms with Crippen LogP contribution >= 0.6 is 11.6 Å². The zero-order chi connectivity index (χ0) is 9.26. The van der Waals surface area contributed by atoms with Crippen molar-refractivity contribution in [3.63, 3.8) is 0 Å². The number of halogens is 1. The smallest absolute Gasteiger partial charge is 0.252 e. The minimum absolute atomic E-state index is 0.361. The molecular weight excluding hydrogens is 188 g/mol. The number of nitrogens with zero attached hydrogens (tertiary/aromatic N) is 2. The lowest BCUT2D eigenvalue weighted by molar-refractivity contribution is 0.393. The molecule has 0 unspecified atom stereocenters. The summed E-state index contributed by atoms with van der Waals surface area (Å²) in [5.41, 5.74) is 0.772. The van der Waals surface area contributed by atoms with Crippen LogP contribution in [0, 0.1) is 0 Å². The summed E-state index contributed by atoms with van der Waals surface area (Å²) in [7, 11) is 1.52. The fourth-order valence-electron chi connectivity index (χ4n) is 1.14. The molecule has 0 amide bonds. The van der Waals surface area contributed by atoms with Gasteiger partial charge in [-0.1, -0.05) is 29.8 Å². The average Bonchev–Trinajstić information content (AvgIpc) is 2.19. The van der Waals surface area contributed by atoms with E-state index in [9.17, 15) is 0 Å². The fraction of sp³-hybridized carbons (Fsp3) is 0.111. The second kappa shape index (κ2) is 3.18. The van der Waals surface area contributed by atoms with Gasteiger partial charge in [-0.15, -0.1) is 10.2 Å². The molecule has 3 nitrogen and oxygen atoms in total. The lowest BCUT2D eigenvalue weighted by Gasteiger charge is -2.02. The number of hydrogen-bond donors (Lipinski definition) is 0. The highest BCUT2D eigenvalue weighted by atomic mass is 35.5. The maximum atomic E-state index is 6.01. The highest BCUT2D eigenvalue weighted by molar-refractivity contribution is 6.36. The van der Waals surface area contributed by atoms with Gasteiger partial charge >= 0.3 is 0 Å². The molecule has 1 heterocycles. The van der Waals surface area contributed by atoms with Gasteiger partial charge in [-0.3, -0.25) is 0 Å². The van der Waals surface area contributed by atoms with Crippen LogP contribution in [0.1, 0.15) is 0 Å². The third-order valence-electron chi connectivity index (χ3n) is 1.77. The molecule has 2 rings (SSSR count). The maximum Gasteiger partial charge on any atom is 0.252 e. The van der Waals surface area contributed by atoms with Crippen LogP contribution in [0.25, 0.3) is 10.9 Å². The Hall–Kier alpha value is -1.35. The van der Waals surface area contributed by atoms with Crippen molar-refractivity contribution in [1.82, 2.24) is 10.2 Å². The third-order valence-corrected chi connectivity index (χ3v) is 2.14. The molecule has 0 N–H and O–H groups in total. The van der Waals surface area contributed by atoms with Crippen molar-refractivity contribution in [3.05, 3.63) is 29.3 Å². The van der Waals surface area contributed by atoms with Gasteiger partial charge in [0.05, 0.1) is 12.6 Å². The van der Waals surface area contributed by atoms with Crippen LogP contribution < -0.4 is 4.74 Å². The van der Waals surface area contributed by atoms with E-state index in [0.717, 1.165) is 10.9 Å². The summed E-state index contributed by atoms with van der Waals surface area (Å²) in [6.07, 6.45) is 0. The summed E-state index contributed by atoms with van der Waals surface area (Å²) in [5.74, 6) is 0.361. The van der Waals surface area contributed by atoms with Crippen LogP contribution in [0.5, 0.6) is 5.88 Å². The molecule has 66 valence electrons. The monoisotopic (exact) mass is 194 g/mol. The maximum absolute atomic E-state index is 6.01. The second-order valence-electron chi connectivity index (χ2n) is 2.54. The first-order valence-corrected chi connectivity index (χ1v) is 4.15. The van der Waals surface area contributed by atoms with Gasteiger partial charge in [0.25, 0.3) is 5.88 Å². The lowest BCUT2D eigenvalue weighted by atomic mass is 10.2. The Morgan fingerprint density at radius 2 is 2.00 bits per heavy atom. The molecule has 0 saturated carbocycles. The van der Waals surface area contributed by atoms with Crippen LogP contribution in [0.3, 0.4) is 0 Å². The first kappa shape index (κ1) is 8.26. The van der Waals surface area contributed by atoms with Gasteiger partial charge in [0, 0.05) is 5.39 Å². The summed E-state index contributed by atoms with van der Waals surface area (Å²) >= 11 is 6.01. The molecule has 0 aliphatic carbocycles. The van der Waals surface area contributed by atoms with Crippen molar-refractivity contribution < 1.29 is 4.74 Å². The van der Waals surface area contributed by atoms with E-state index in [1.165, 1.54) is 7.11 Å². The van der Waals surface area contributed by atoms with Gasteiger partial charge in [-0.05, 0) is 6.07 Å². The second-order valence-corrected chi connectivity index (χ2v) is 2.92. The van der Waals surface area contributed by atoms with E-state index in [1.54, 1.807) is 0 Å². The Kier molecular flexibility index (Phi) is 2.02. The van der Waals surface area contributed by atoms with Gasteiger partial charge in [-0.2, -0.15) is 0 Å². The number of benzene rings is 1. The Labute approximate surface area is 80.3 Å². The first-order chi connectivity index (χ1) is 6.33. The first-order valence-electron chi connectivity index (χ1n) is 3.78. The zero-order valence-corrected chi connectivity index (χ0v) is 7.75. The lowest BCUT2D eigenvalue weighted by Crippen LogP contribution is -1.92. The topological polar surface area (TPSA) is 35.0 Å². The van der Waals surface area contributed by atoms with E-state index in [0.29, 0.717) is 10.9 Å². The van der Waals surface area contributed by atoms with Gasteiger partial charge in [0.2, 0.25) is 0 Å². The van der Waals surface area contributed by atoms with Crippen molar-refractivity contribution in [1.29, 1.82) is 0 Å². The van der Waals surface area contributed by atoms with E-state index < -0.39 is 0 Å². The number of fused-ring (bicyclic) bond motifs is 1. The molecule has 1 aromatic carbocycles. The van der Waals surface area contributed by atoms with Gasteiger partial charge < -0.3 is 4.74 Å². The number of rotatable bonds is 1. The van der Waals surface area contributed by atoms with E-state index in [4.69, 9.17) is 16.3 Å². The quantitative estimate of drug-likeness (QED) is 0.699. The van der Waals surface area contributed by atoms with Crippen molar-refractivity contribution >= 4 is 22.5 Å². The highest BCUT2D eigenvalue weighted by Gasteiger charge is 2.06. The minimum Gasteiger partial charge on any atom is -0.479 e. The van der Waals surface area contributed by atoms with Gasteiger partial charge in [0.1, 0.15) is 5.02 Å². The molecule has 0 saturated heterocycles. The number of aromatic nitrogens is 2. The average molecular weight is 195 g/mol. The molecule has 0 fully saturated rings. The van der Waals surface area contributed by atoms with E-state index in [2.05, 4.69) is 10.2 Å². The molecule has 13 heavy (non-hydrogen) atoms. The Morgan fingerprint density at radius 1 is 1.23 bits per heavy atom. The molecule has 0 aliphatic heterocycles. The molecule has 2 aromatic rings. The Balaban J connectivity index is 2.79. The molecule has 0 radical (unpaired) electrons. The normalized spacial score (nSPS) is 10.3. The van der Waals surface area contributed by atoms with Crippen LogP contribution in [-0.4, -0.2) is 17.3 Å². The van der Waals surface area contributed by atoms with E-state index >= 15 is 0 Å². The molecule has 0 aliphatic rings. The standard InChI is InChI=1S/C9H7ClN2O/c1-13-9-8(10)6-4-2-3-5-7(6)11-12-9/h2-5H,1H3. The molecule has 1 aromatic heterocycles. The highest BCUT2D eigenvalue weighted by Crippen LogP contribution is 2.28. The summed E-state index contributed by atoms with van der Waals surface area (Å²) in [6.45, 7) is 0. The van der Waals surface area contributed by atoms with Gasteiger partial charge in [-0.25, -0.2) is 0 Å². The summed E-state index contributed by atoms with van der Waals surface area (Å²) in [6, 6.07) is 7.53. The Morgan fingerprint density at radius 3 is 2.77 bits per heavy atom. The summed E-state index contributed by atoms with van der Waals surface area (Å²) in [4.78, 5) is 0. The van der Waals surface area contributed by atoms with Crippen molar-refractivity contribution in [2.24, 2.45) is 0 Å². The van der Waals surface area contributed by atoms with Crippen molar-refractivity contribution in [3.8, 4) is 5.88 Å². The summed E-state index contributed by atoms with van der Waals surface area (Å²) in [5, 5.41) is 9.14. The summed E-state index contributed by atoms with van der Waals surface area (Å²) < 4.78 is 4.95. The van der Waals surface area contributed by atoms with Crippen LogP contribution in [0.4, 0.5) is 0 Å². The van der Waals surface area contributed by atoms with Crippen LogP contribution in [-0.2, 0) is 0 Å². The molecular formula is C9H7ClN2O. The van der Waals surface area contributed by atoms with Crippen molar-refractivity contribution in [2.75, 3.05) is 7.11 Å². The number of hydrogen-bond acceptors (Lipinski definition) is 3. The predicted molar refractivity (Wildman–Crippen MR) is 51.1 cm³/mol. The fourth-order valence-corrected chi connectivity index (χ4v) is 1.41. The zero-order valence-electron chi connectivity index (χ0n) is 6.99. The molecule has 4 heteroatoms. The Bertz CT molecular complexity index is 445. The predicted octanol–water partition coefficient (Wildman–Crippen LogP) is 2.29. The number of ether oxygens (including phenoxy) is 1. The molecule has 0 bridgehead atoms.